The highest BCUT2D eigenvalue weighted by Crippen LogP contribution is 2.46. The van der Waals surface area contributed by atoms with Crippen molar-refractivity contribution < 1.29 is 4.74 Å². The Bertz CT molecular complexity index is 962. The molecule has 24 heavy (non-hydrogen) atoms. The van der Waals surface area contributed by atoms with Crippen molar-refractivity contribution in [3.8, 4) is 23.2 Å². The van der Waals surface area contributed by atoms with Crippen LogP contribution in [0, 0.1) is 18.3 Å². The number of rotatable bonds is 2. The van der Waals surface area contributed by atoms with Gasteiger partial charge in [0.05, 0.1) is 17.2 Å². The summed E-state index contributed by atoms with van der Waals surface area (Å²) >= 11 is 1.59. The predicted molar refractivity (Wildman–Crippen MR) is 92.4 cm³/mol. The Morgan fingerprint density at radius 3 is 2.75 bits per heavy atom. The largest absolute Gasteiger partial charge is 0.420 e. The van der Waals surface area contributed by atoms with Crippen molar-refractivity contribution in [3.05, 3.63) is 69.2 Å². The van der Waals surface area contributed by atoms with Gasteiger partial charge in [-0.15, -0.1) is 16.4 Å². The van der Waals surface area contributed by atoms with Gasteiger partial charge >= 0.3 is 0 Å². The van der Waals surface area contributed by atoms with Crippen LogP contribution in [0.5, 0.6) is 5.88 Å². The molecule has 0 spiro atoms. The Kier molecular flexibility index (Phi) is 3.36. The Morgan fingerprint density at radius 2 is 2.08 bits per heavy atom. The fraction of sp³-hybridized carbons (Fsp3) is 0.111. The van der Waals surface area contributed by atoms with E-state index in [1.807, 2.05) is 48.7 Å². The molecule has 0 radical (unpaired) electrons. The lowest BCUT2D eigenvalue weighted by Gasteiger charge is -2.22. The van der Waals surface area contributed by atoms with Crippen molar-refractivity contribution in [3.63, 3.8) is 0 Å². The van der Waals surface area contributed by atoms with Crippen LogP contribution in [0.3, 0.4) is 0 Å². The van der Waals surface area contributed by atoms with Gasteiger partial charge in [0.2, 0.25) is 11.8 Å². The molecule has 0 amide bonds. The van der Waals surface area contributed by atoms with Gasteiger partial charge in [-0.2, -0.15) is 5.26 Å². The second kappa shape index (κ2) is 5.55. The highest BCUT2D eigenvalue weighted by atomic mass is 32.1. The normalized spacial score (nSPS) is 16.4. The third kappa shape index (κ3) is 2.18. The van der Waals surface area contributed by atoms with E-state index in [1.54, 1.807) is 11.3 Å². The zero-order valence-electron chi connectivity index (χ0n) is 12.9. The van der Waals surface area contributed by atoms with E-state index in [0.717, 1.165) is 21.7 Å². The molecule has 0 unspecified atom stereocenters. The second-order valence-corrected chi connectivity index (χ2v) is 6.60. The molecule has 2 aromatic heterocycles. The van der Waals surface area contributed by atoms with E-state index < -0.39 is 0 Å². The Hall–Kier alpha value is -3.04. The van der Waals surface area contributed by atoms with Gasteiger partial charge in [-0.3, -0.25) is 5.10 Å². The summed E-state index contributed by atoms with van der Waals surface area (Å²) in [6.07, 6.45) is 0. The highest BCUT2D eigenvalue weighted by molar-refractivity contribution is 7.10. The molecule has 1 aliphatic heterocycles. The minimum absolute atomic E-state index is 0.116. The highest BCUT2D eigenvalue weighted by Gasteiger charge is 2.36. The SMILES string of the molecule is Cc1ccc(-c2[nH]nc3c2[C@H](c2cccs2)C(C#N)=C(N)O3)cc1. The number of fused-ring (bicyclic) bond motifs is 1. The third-order valence-electron chi connectivity index (χ3n) is 4.11. The standard InChI is InChI=1S/C18H14N4OS/c1-10-4-6-11(7-5-10)16-15-14(13-3-2-8-24-13)12(9-19)17(20)23-18(15)22-21-16/h2-8,14H,20H2,1H3,(H,21,22)/t14-/m0/s1. The van der Waals surface area contributed by atoms with Crippen molar-refractivity contribution in [2.24, 2.45) is 5.73 Å². The lowest BCUT2D eigenvalue weighted by Crippen LogP contribution is -2.20. The van der Waals surface area contributed by atoms with E-state index in [2.05, 4.69) is 16.3 Å². The summed E-state index contributed by atoms with van der Waals surface area (Å²) < 4.78 is 5.59. The van der Waals surface area contributed by atoms with Crippen LogP contribution in [0.15, 0.2) is 53.2 Å². The number of ether oxygens (including phenoxy) is 1. The van der Waals surface area contributed by atoms with Crippen LogP contribution in [0.1, 0.15) is 21.9 Å². The quantitative estimate of drug-likeness (QED) is 0.748. The first-order valence-corrected chi connectivity index (χ1v) is 8.33. The first kappa shape index (κ1) is 14.5. The molecular weight excluding hydrogens is 320 g/mol. The number of nitrogens with two attached hydrogens (primary N) is 1. The molecule has 3 aromatic rings. The molecule has 3 heterocycles. The minimum Gasteiger partial charge on any atom is -0.420 e. The lowest BCUT2D eigenvalue weighted by molar-refractivity contribution is 0.379. The molecule has 4 rings (SSSR count). The maximum absolute atomic E-state index is 9.60. The van der Waals surface area contributed by atoms with Gasteiger partial charge in [-0.05, 0) is 18.4 Å². The van der Waals surface area contributed by atoms with E-state index in [0.29, 0.717) is 11.5 Å². The number of nitrogens with one attached hydrogen (secondary N) is 1. The molecule has 1 aliphatic rings. The molecule has 118 valence electrons. The zero-order valence-corrected chi connectivity index (χ0v) is 13.7. The molecule has 0 aliphatic carbocycles. The summed E-state index contributed by atoms with van der Waals surface area (Å²) in [7, 11) is 0. The van der Waals surface area contributed by atoms with Crippen LogP contribution < -0.4 is 10.5 Å². The molecule has 6 heteroatoms. The molecule has 5 nitrogen and oxygen atoms in total. The van der Waals surface area contributed by atoms with Crippen LogP contribution in [-0.4, -0.2) is 10.2 Å². The van der Waals surface area contributed by atoms with E-state index >= 15 is 0 Å². The van der Waals surface area contributed by atoms with E-state index in [-0.39, 0.29) is 11.8 Å². The van der Waals surface area contributed by atoms with Gasteiger partial charge in [-0.1, -0.05) is 35.9 Å². The third-order valence-corrected chi connectivity index (χ3v) is 5.04. The maximum atomic E-state index is 9.60. The maximum Gasteiger partial charge on any atom is 0.244 e. The van der Waals surface area contributed by atoms with Crippen molar-refractivity contribution in [2.75, 3.05) is 0 Å². The first-order valence-electron chi connectivity index (χ1n) is 7.45. The van der Waals surface area contributed by atoms with E-state index in [1.165, 1.54) is 5.56 Å². The first-order chi connectivity index (χ1) is 11.7. The smallest absolute Gasteiger partial charge is 0.244 e. The van der Waals surface area contributed by atoms with Gasteiger partial charge in [-0.25, -0.2) is 0 Å². The molecule has 0 saturated heterocycles. The van der Waals surface area contributed by atoms with Gasteiger partial charge in [0.25, 0.3) is 0 Å². The van der Waals surface area contributed by atoms with Crippen molar-refractivity contribution in [1.29, 1.82) is 5.26 Å². The summed E-state index contributed by atoms with van der Waals surface area (Å²) in [5.41, 5.74) is 10.3. The number of hydrogen-bond donors (Lipinski definition) is 2. The number of aromatic amines is 1. The Morgan fingerprint density at radius 1 is 1.29 bits per heavy atom. The van der Waals surface area contributed by atoms with Gasteiger partial charge in [0.15, 0.2) is 0 Å². The van der Waals surface area contributed by atoms with Crippen LogP contribution in [0.25, 0.3) is 11.3 Å². The Balaban J connectivity index is 1.94. The van der Waals surface area contributed by atoms with E-state index in [9.17, 15) is 5.26 Å². The second-order valence-electron chi connectivity index (χ2n) is 5.62. The topological polar surface area (TPSA) is 87.7 Å². The monoisotopic (exact) mass is 334 g/mol. The van der Waals surface area contributed by atoms with Crippen molar-refractivity contribution in [2.45, 2.75) is 12.8 Å². The summed E-state index contributed by atoms with van der Waals surface area (Å²) in [4.78, 5) is 1.04. The van der Waals surface area contributed by atoms with Crippen LogP contribution in [0.2, 0.25) is 0 Å². The fourth-order valence-electron chi connectivity index (χ4n) is 2.93. The molecule has 0 bridgehead atoms. The molecule has 0 saturated carbocycles. The Labute approximate surface area is 143 Å². The van der Waals surface area contributed by atoms with E-state index in [4.69, 9.17) is 10.5 Å². The van der Waals surface area contributed by atoms with Gasteiger partial charge in [0.1, 0.15) is 11.6 Å². The average Bonchev–Trinajstić information content (AvgIpc) is 3.24. The fourth-order valence-corrected chi connectivity index (χ4v) is 3.77. The number of aryl methyl sites for hydroxylation is 1. The van der Waals surface area contributed by atoms with Crippen LogP contribution >= 0.6 is 11.3 Å². The van der Waals surface area contributed by atoms with Gasteiger partial charge < -0.3 is 10.5 Å². The number of nitrogens with zero attached hydrogens (tertiary/aromatic N) is 2. The summed E-state index contributed by atoms with van der Waals surface area (Å²) in [6, 6.07) is 14.3. The van der Waals surface area contributed by atoms with Crippen LogP contribution in [-0.2, 0) is 0 Å². The molecule has 3 N–H and O–H groups in total. The summed E-state index contributed by atoms with van der Waals surface area (Å²) in [6.45, 7) is 2.04. The predicted octanol–water partition coefficient (Wildman–Crippen LogP) is 3.66. The molecule has 0 fully saturated rings. The van der Waals surface area contributed by atoms with Crippen molar-refractivity contribution >= 4 is 11.3 Å². The molecule has 1 atom stereocenters. The summed E-state index contributed by atoms with van der Waals surface area (Å²) in [5, 5.41) is 18.9. The van der Waals surface area contributed by atoms with Crippen LogP contribution in [0.4, 0.5) is 0 Å². The number of hydrogen-bond acceptors (Lipinski definition) is 5. The number of allylic oxidation sites excluding steroid dienone is 1. The van der Waals surface area contributed by atoms with Gasteiger partial charge in [0, 0.05) is 10.4 Å². The summed E-state index contributed by atoms with van der Waals surface area (Å²) in [5.74, 6) is 0.277. The lowest BCUT2D eigenvalue weighted by atomic mass is 9.87. The number of aromatic nitrogens is 2. The number of H-pyrrole nitrogens is 1. The minimum atomic E-state index is -0.270. The number of benzene rings is 1. The zero-order chi connectivity index (χ0) is 16.7. The number of thiophene rings is 1. The number of nitriles is 1. The molecule has 1 aromatic carbocycles. The molecular formula is C18H14N4OS. The van der Waals surface area contributed by atoms with Crippen molar-refractivity contribution in [1.82, 2.24) is 10.2 Å². The average molecular weight is 334 g/mol.